The number of thioether (sulfide) groups is 1. The minimum Gasteiger partial charge on any atom is -0.342 e. The molecular weight excluding hydrogens is 480 g/mol. The molecule has 10 nitrogen and oxygen atoms in total. The standard InChI is InChI=1S/C25H30N6O4S/c1-6-30-23(22(15(2)3)27-24(33)18-8-7-9-20(13-18)31(34)35)28-29-25(30)36-14-21(32)26-19-11-10-16(4)17(5)12-19/h7-13,15,22H,6,14H2,1-5H3,(H,26,32)(H,27,33)/t22-/m0/s1. The summed E-state index contributed by atoms with van der Waals surface area (Å²) in [5, 5.41) is 26.1. The van der Waals surface area contributed by atoms with Crippen molar-refractivity contribution < 1.29 is 14.5 Å². The molecule has 3 aromatic rings. The van der Waals surface area contributed by atoms with Crippen LogP contribution in [0.3, 0.4) is 0 Å². The summed E-state index contributed by atoms with van der Waals surface area (Å²) in [5.41, 5.74) is 3.03. The summed E-state index contributed by atoms with van der Waals surface area (Å²) in [5.74, 6) is 0.0774. The molecule has 0 saturated heterocycles. The van der Waals surface area contributed by atoms with E-state index in [9.17, 15) is 19.7 Å². The molecule has 190 valence electrons. The number of nitrogens with one attached hydrogen (secondary N) is 2. The lowest BCUT2D eigenvalue weighted by Gasteiger charge is -2.22. The minimum atomic E-state index is -0.538. The number of hydrogen-bond acceptors (Lipinski definition) is 7. The first-order valence-corrected chi connectivity index (χ1v) is 12.6. The Balaban J connectivity index is 1.72. The van der Waals surface area contributed by atoms with Gasteiger partial charge in [0.2, 0.25) is 5.91 Å². The Morgan fingerprint density at radius 1 is 1.11 bits per heavy atom. The van der Waals surface area contributed by atoms with Gasteiger partial charge in [0.05, 0.1) is 16.7 Å². The zero-order valence-corrected chi connectivity index (χ0v) is 21.8. The van der Waals surface area contributed by atoms with Gasteiger partial charge in [-0.15, -0.1) is 10.2 Å². The van der Waals surface area contributed by atoms with E-state index >= 15 is 0 Å². The van der Waals surface area contributed by atoms with Gasteiger partial charge in [-0.25, -0.2) is 0 Å². The molecule has 0 unspecified atom stereocenters. The van der Waals surface area contributed by atoms with E-state index in [4.69, 9.17) is 0 Å². The van der Waals surface area contributed by atoms with Crippen LogP contribution in [-0.4, -0.2) is 37.3 Å². The monoisotopic (exact) mass is 510 g/mol. The van der Waals surface area contributed by atoms with Gasteiger partial charge in [-0.05, 0) is 56.0 Å². The summed E-state index contributed by atoms with van der Waals surface area (Å²) in [4.78, 5) is 36.0. The zero-order valence-electron chi connectivity index (χ0n) is 20.9. The second-order valence-electron chi connectivity index (χ2n) is 8.72. The summed E-state index contributed by atoms with van der Waals surface area (Å²) < 4.78 is 1.87. The fraction of sp³-hybridized carbons (Fsp3) is 0.360. The maximum Gasteiger partial charge on any atom is 0.270 e. The highest BCUT2D eigenvalue weighted by molar-refractivity contribution is 7.99. The molecule has 11 heteroatoms. The molecular formula is C25H30N6O4S. The number of aromatic nitrogens is 3. The van der Waals surface area contributed by atoms with Crippen molar-refractivity contribution in [1.82, 2.24) is 20.1 Å². The Morgan fingerprint density at radius 2 is 1.86 bits per heavy atom. The van der Waals surface area contributed by atoms with Gasteiger partial charge in [0, 0.05) is 29.9 Å². The lowest BCUT2D eigenvalue weighted by atomic mass is 10.0. The van der Waals surface area contributed by atoms with E-state index in [1.807, 2.05) is 57.4 Å². The third-order valence-electron chi connectivity index (χ3n) is 5.74. The van der Waals surface area contributed by atoms with Crippen LogP contribution < -0.4 is 10.6 Å². The molecule has 2 amide bonds. The van der Waals surface area contributed by atoms with Crippen molar-refractivity contribution in [2.24, 2.45) is 5.92 Å². The first-order valence-electron chi connectivity index (χ1n) is 11.6. The number of non-ortho nitro benzene ring substituents is 1. The average molecular weight is 511 g/mol. The van der Waals surface area contributed by atoms with Crippen LogP contribution in [0.2, 0.25) is 0 Å². The number of benzene rings is 2. The second-order valence-corrected chi connectivity index (χ2v) is 9.67. The fourth-order valence-corrected chi connectivity index (χ4v) is 4.40. The highest BCUT2D eigenvalue weighted by Crippen LogP contribution is 2.26. The fourth-order valence-electron chi connectivity index (χ4n) is 3.60. The Hall–Kier alpha value is -3.73. The summed E-state index contributed by atoms with van der Waals surface area (Å²) in [6.45, 7) is 10.4. The van der Waals surface area contributed by atoms with Gasteiger partial charge in [-0.1, -0.05) is 37.7 Å². The number of aryl methyl sites for hydroxylation is 2. The molecule has 1 heterocycles. The van der Waals surface area contributed by atoms with Crippen molar-refractivity contribution in [2.45, 2.75) is 52.4 Å². The summed E-state index contributed by atoms with van der Waals surface area (Å²) in [6, 6.07) is 10.9. The van der Waals surface area contributed by atoms with Crippen molar-refractivity contribution >= 4 is 35.0 Å². The quantitative estimate of drug-likeness (QED) is 0.230. The van der Waals surface area contributed by atoms with Crippen LogP contribution >= 0.6 is 11.8 Å². The van der Waals surface area contributed by atoms with E-state index in [1.165, 1.54) is 36.0 Å². The van der Waals surface area contributed by atoms with E-state index in [1.54, 1.807) is 0 Å². The van der Waals surface area contributed by atoms with Gasteiger partial charge < -0.3 is 15.2 Å². The molecule has 2 aromatic carbocycles. The summed E-state index contributed by atoms with van der Waals surface area (Å²) in [7, 11) is 0. The number of nitro benzene ring substituents is 1. The molecule has 2 N–H and O–H groups in total. The van der Waals surface area contributed by atoms with Crippen molar-refractivity contribution in [3.05, 3.63) is 75.1 Å². The van der Waals surface area contributed by atoms with Crippen molar-refractivity contribution in [1.29, 1.82) is 0 Å². The largest absolute Gasteiger partial charge is 0.342 e. The van der Waals surface area contributed by atoms with Crippen LogP contribution in [0.15, 0.2) is 47.6 Å². The van der Waals surface area contributed by atoms with Gasteiger partial charge in [-0.3, -0.25) is 19.7 Å². The van der Waals surface area contributed by atoms with Crippen LogP contribution in [0.5, 0.6) is 0 Å². The Kier molecular flexibility index (Phi) is 8.81. The Bertz CT molecular complexity index is 1270. The number of anilines is 1. The number of carbonyl (C=O) groups is 2. The van der Waals surface area contributed by atoms with Crippen molar-refractivity contribution in [3.63, 3.8) is 0 Å². The van der Waals surface area contributed by atoms with Crippen LogP contribution in [0.4, 0.5) is 11.4 Å². The van der Waals surface area contributed by atoms with E-state index in [-0.39, 0.29) is 28.8 Å². The molecule has 0 aliphatic rings. The first kappa shape index (κ1) is 26.9. The molecule has 3 rings (SSSR count). The highest BCUT2D eigenvalue weighted by Gasteiger charge is 2.26. The second kappa shape index (κ2) is 11.8. The molecule has 36 heavy (non-hydrogen) atoms. The highest BCUT2D eigenvalue weighted by atomic mass is 32.2. The number of rotatable bonds is 10. The first-order chi connectivity index (χ1) is 17.1. The van der Waals surface area contributed by atoms with Crippen LogP contribution in [0, 0.1) is 29.9 Å². The number of nitrogens with zero attached hydrogens (tertiary/aromatic N) is 4. The predicted octanol–water partition coefficient (Wildman–Crippen LogP) is 4.68. The third-order valence-corrected chi connectivity index (χ3v) is 6.70. The summed E-state index contributed by atoms with van der Waals surface area (Å²) in [6.07, 6.45) is 0. The Labute approximate surface area is 214 Å². The minimum absolute atomic E-state index is 0.0342. The average Bonchev–Trinajstić information content (AvgIpc) is 3.25. The summed E-state index contributed by atoms with van der Waals surface area (Å²) >= 11 is 1.27. The van der Waals surface area contributed by atoms with E-state index < -0.39 is 16.9 Å². The molecule has 0 fully saturated rings. The molecule has 0 aliphatic heterocycles. The number of amides is 2. The number of hydrogen-bond donors (Lipinski definition) is 2. The maximum absolute atomic E-state index is 12.9. The van der Waals surface area contributed by atoms with Crippen molar-refractivity contribution in [2.75, 3.05) is 11.1 Å². The molecule has 1 atom stereocenters. The molecule has 0 saturated carbocycles. The molecule has 0 spiro atoms. The smallest absolute Gasteiger partial charge is 0.270 e. The van der Waals surface area contributed by atoms with Gasteiger partial charge in [0.25, 0.3) is 11.6 Å². The SMILES string of the molecule is CCn1c(SCC(=O)Nc2ccc(C)c(C)c2)nnc1[C@@H](NC(=O)c1cccc([N+](=O)[O-])c1)C(C)C. The molecule has 0 radical (unpaired) electrons. The van der Waals surface area contributed by atoms with E-state index in [0.29, 0.717) is 17.5 Å². The van der Waals surface area contributed by atoms with E-state index in [2.05, 4.69) is 20.8 Å². The van der Waals surface area contributed by atoms with Gasteiger partial charge in [-0.2, -0.15) is 0 Å². The van der Waals surface area contributed by atoms with Crippen LogP contribution in [-0.2, 0) is 11.3 Å². The van der Waals surface area contributed by atoms with Gasteiger partial charge in [0.1, 0.15) is 0 Å². The topological polar surface area (TPSA) is 132 Å². The number of carbonyl (C=O) groups excluding carboxylic acids is 2. The van der Waals surface area contributed by atoms with Crippen LogP contribution in [0.25, 0.3) is 0 Å². The molecule has 0 bridgehead atoms. The lowest BCUT2D eigenvalue weighted by molar-refractivity contribution is -0.384. The van der Waals surface area contributed by atoms with Crippen LogP contribution in [0.1, 0.15) is 54.1 Å². The number of nitro groups is 1. The maximum atomic E-state index is 12.9. The molecule has 0 aliphatic carbocycles. The normalized spacial score (nSPS) is 11.8. The predicted molar refractivity (Wildman–Crippen MR) is 139 cm³/mol. The van der Waals surface area contributed by atoms with Crippen molar-refractivity contribution in [3.8, 4) is 0 Å². The van der Waals surface area contributed by atoms with Gasteiger partial charge in [0.15, 0.2) is 11.0 Å². The molecule has 1 aromatic heterocycles. The van der Waals surface area contributed by atoms with E-state index in [0.717, 1.165) is 16.8 Å². The van der Waals surface area contributed by atoms with Gasteiger partial charge >= 0.3 is 0 Å². The lowest BCUT2D eigenvalue weighted by Crippen LogP contribution is -2.33. The Morgan fingerprint density at radius 3 is 2.50 bits per heavy atom. The third kappa shape index (κ3) is 6.48. The zero-order chi connectivity index (χ0) is 26.4.